The molecule has 0 fully saturated rings. The fraction of sp³-hybridized carbons (Fsp3) is 0.200. The van der Waals surface area contributed by atoms with Crippen LogP contribution in [0, 0.1) is 0 Å². The van der Waals surface area contributed by atoms with Crippen LogP contribution in [0.15, 0.2) is 60.7 Å². The Morgan fingerprint density at radius 1 is 0.889 bits per heavy atom. The van der Waals surface area contributed by atoms with E-state index in [-0.39, 0.29) is 5.41 Å². The van der Waals surface area contributed by atoms with Gasteiger partial charge >= 0.3 is 0 Å². The second-order valence-corrected chi connectivity index (χ2v) is 5.23. The van der Waals surface area contributed by atoms with E-state index in [1.165, 1.54) is 11.1 Å². The third-order valence-electron chi connectivity index (χ3n) is 3.27. The molecule has 0 bridgehead atoms. The van der Waals surface area contributed by atoms with Crippen molar-refractivity contribution in [3.05, 3.63) is 71.8 Å². The molecule has 0 radical (unpaired) electrons. The SMILES string of the molecule is [SiH3]OCC(CCl)(c1ccccc1)c1ccccc1. The molecule has 2 rings (SSSR count). The van der Waals surface area contributed by atoms with Gasteiger partial charge in [-0.2, -0.15) is 0 Å². The van der Waals surface area contributed by atoms with Gasteiger partial charge < -0.3 is 4.43 Å². The van der Waals surface area contributed by atoms with E-state index in [1.54, 1.807) is 0 Å². The van der Waals surface area contributed by atoms with Crippen LogP contribution in [-0.2, 0) is 9.84 Å². The number of halogens is 1. The highest BCUT2D eigenvalue weighted by atomic mass is 35.5. The number of benzene rings is 2. The number of hydrogen-bond acceptors (Lipinski definition) is 1. The summed E-state index contributed by atoms with van der Waals surface area (Å²) in [6, 6.07) is 20.7. The van der Waals surface area contributed by atoms with Crippen LogP contribution in [0.4, 0.5) is 0 Å². The van der Waals surface area contributed by atoms with Gasteiger partial charge in [0.1, 0.15) is 10.5 Å². The molecule has 0 aliphatic carbocycles. The lowest BCUT2D eigenvalue weighted by Gasteiger charge is -2.32. The highest BCUT2D eigenvalue weighted by molar-refractivity contribution is 6.19. The summed E-state index contributed by atoms with van der Waals surface area (Å²) in [6.07, 6.45) is 0. The summed E-state index contributed by atoms with van der Waals surface area (Å²) in [5.41, 5.74) is 2.18. The van der Waals surface area contributed by atoms with Crippen LogP contribution >= 0.6 is 11.6 Å². The zero-order valence-corrected chi connectivity index (χ0v) is 13.2. The van der Waals surface area contributed by atoms with Crippen LogP contribution in [0.2, 0.25) is 0 Å². The highest BCUT2D eigenvalue weighted by Gasteiger charge is 2.33. The molecule has 2 aromatic rings. The van der Waals surface area contributed by atoms with Gasteiger partial charge in [0.05, 0.1) is 5.41 Å². The van der Waals surface area contributed by atoms with E-state index in [0.29, 0.717) is 12.5 Å². The molecule has 0 spiro atoms. The summed E-state index contributed by atoms with van der Waals surface area (Å²) < 4.78 is 5.56. The topological polar surface area (TPSA) is 9.23 Å². The summed E-state index contributed by atoms with van der Waals surface area (Å²) in [7, 11) is 0.718. The fourth-order valence-corrected chi connectivity index (χ4v) is 3.17. The van der Waals surface area contributed by atoms with Crippen molar-refractivity contribution in [3.8, 4) is 0 Å². The van der Waals surface area contributed by atoms with E-state index in [4.69, 9.17) is 16.0 Å². The molecule has 0 saturated heterocycles. The standard InChI is InChI=1S/C15H17ClOSi/c16-11-15(12-17-18,13-7-3-1-4-8-13)14-9-5-2-6-10-14/h1-10H,11-12H2,18H3. The van der Waals surface area contributed by atoms with Crippen molar-refractivity contribution in [3.63, 3.8) is 0 Å². The van der Waals surface area contributed by atoms with E-state index in [1.807, 2.05) is 36.4 Å². The molecule has 2 aromatic carbocycles. The zero-order valence-electron chi connectivity index (χ0n) is 10.5. The Morgan fingerprint density at radius 2 is 1.33 bits per heavy atom. The molecule has 0 heterocycles. The van der Waals surface area contributed by atoms with E-state index < -0.39 is 0 Å². The van der Waals surface area contributed by atoms with Crippen LogP contribution < -0.4 is 0 Å². The predicted octanol–water partition coefficient (Wildman–Crippen LogP) is 2.51. The molecule has 0 aromatic heterocycles. The molecule has 3 heteroatoms. The molecule has 0 amide bonds. The first-order chi connectivity index (χ1) is 8.83. The minimum absolute atomic E-state index is 0.244. The Labute approximate surface area is 116 Å². The largest absolute Gasteiger partial charge is 0.427 e. The Hall–Kier alpha value is -1.09. The molecule has 0 N–H and O–H groups in total. The summed E-state index contributed by atoms with van der Waals surface area (Å²) in [5, 5.41) is 0. The maximum Gasteiger partial charge on any atom is 0.146 e. The van der Waals surface area contributed by atoms with Crippen molar-refractivity contribution in [1.82, 2.24) is 0 Å². The van der Waals surface area contributed by atoms with E-state index in [9.17, 15) is 0 Å². The van der Waals surface area contributed by atoms with Gasteiger partial charge in [0.15, 0.2) is 0 Å². The van der Waals surface area contributed by atoms with Gasteiger partial charge in [-0.3, -0.25) is 0 Å². The molecule has 94 valence electrons. The van der Waals surface area contributed by atoms with Crippen molar-refractivity contribution in [1.29, 1.82) is 0 Å². The van der Waals surface area contributed by atoms with E-state index >= 15 is 0 Å². The smallest absolute Gasteiger partial charge is 0.146 e. The van der Waals surface area contributed by atoms with Gasteiger partial charge in [0.2, 0.25) is 0 Å². The second-order valence-electron chi connectivity index (χ2n) is 4.38. The number of rotatable bonds is 5. The van der Waals surface area contributed by atoms with Gasteiger partial charge in [-0.15, -0.1) is 11.6 Å². The fourth-order valence-electron chi connectivity index (χ4n) is 2.29. The maximum absolute atomic E-state index is 6.31. The molecule has 1 nitrogen and oxygen atoms in total. The van der Waals surface area contributed by atoms with Crippen LogP contribution in [0.3, 0.4) is 0 Å². The Kier molecular flexibility index (Phi) is 4.58. The summed E-state index contributed by atoms with van der Waals surface area (Å²) >= 11 is 6.31. The first-order valence-corrected chi connectivity index (χ1v) is 7.34. The van der Waals surface area contributed by atoms with Crippen molar-refractivity contribution >= 4 is 22.1 Å². The third-order valence-corrected chi connectivity index (χ3v) is 4.02. The average Bonchev–Trinajstić information content (AvgIpc) is 2.47. The normalized spacial score (nSPS) is 11.6. The first-order valence-electron chi connectivity index (χ1n) is 5.99. The summed E-state index contributed by atoms with van der Waals surface area (Å²) in [6.45, 7) is 0.636. The molecule has 0 aliphatic rings. The molecule has 0 unspecified atom stereocenters. The van der Waals surface area contributed by atoms with Crippen molar-refractivity contribution in [2.24, 2.45) is 0 Å². The zero-order chi connectivity index (χ0) is 12.8. The van der Waals surface area contributed by atoms with Gasteiger partial charge in [-0.05, 0) is 11.1 Å². The Balaban J connectivity index is 2.53. The Morgan fingerprint density at radius 3 is 1.67 bits per heavy atom. The minimum atomic E-state index is -0.244. The van der Waals surface area contributed by atoms with Crippen LogP contribution in [0.1, 0.15) is 11.1 Å². The molecular formula is C15H17ClOSi. The second kappa shape index (κ2) is 6.18. The minimum Gasteiger partial charge on any atom is -0.427 e. The predicted molar refractivity (Wildman–Crippen MR) is 80.3 cm³/mol. The number of hydrogen-bond donors (Lipinski definition) is 0. The average molecular weight is 277 g/mol. The molecule has 0 saturated carbocycles. The van der Waals surface area contributed by atoms with Gasteiger partial charge in [0.25, 0.3) is 0 Å². The summed E-state index contributed by atoms with van der Waals surface area (Å²) in [4.78, 5) is 0. The van der Waals surface area contributed by atoms with E-state index in [2.05, 4.69) is 24.3 Å². The van der Waals surface area contributed by atoms with Crippen molar-refractivity contribution in [2.75, 3.05) is 12.5 Å². The summed E-state index contributed by atoms with van der Waals surface area (Å²) in [5.74, 6) is 0.517. The van der Waals surface area contributed by atoms with Crippen LogP contribution in [-0.4, -0.2) is 23.0 Å². The third kappa shape index (κ3) is 2.51. The quantitative estimate of drug-likeness (QED) is 0.602. The lowest BCUT2D eigenvalue weighted by Crippen LogP contribution is -2.35. The van der Waals surface area contributed by atoms with Gasteiger partial charge in [-0.25, -0.2) is 0 Å². The number of alkyl halides is 1. The molecule has 18 heavy (non-hydrogen) atoms. The van der Waals surface area contributed by atoms with Crippen LogP contribution in [0.5, 0.6) is 0 Å². The van der Waals surface area contributed by atoms with E-state index in [0.717, 1.165) is 10.5 Å². The lowest BCUT2D eigenvalue weighted by atomic mass is 9.77. The maximum atomic E-state index is 6.31. The lowest BCUT2D eigenvalue weighted by molar-refractivity contribution is 0.277. The van der Waals surface area contributed by atoms with Crippen molar-refractivity contribution < 1.29 is 4.43 Å². The first kappa shape index (κ1) is 13.3. The molecular weight excluding hydrogens is 260 g/mol. The Bertz CT molecular complexity index is 433. The van der Waals surface area contributed by atoms with Gasteiger partial charge in [0, 0.05) is 12.5 Å². The molecule has 0 atom stereocenters. The van der Waals surface area contributed by atoms with Gasteiger partial charge in [-0.1, -0.05) is 60.7 Å². The molecule has 0 aliphatic heterocycles. The van der Waals surface area contributed by atoms with Crippen molar-refractivity contribution in [2.45, 2.75) is 5.41 Å². The van der Waals surface area contributed by atoms with Crippen LogP contribution in [0.25, 0.3) is 0 Å². The monoisotopic (exact) mass is 276 g/mol. The highest BCUT2D eigenvalue weighted by Crippen LogP contribution is 2.33.